The van der Waals surface area contributed by atoms with Crippen LogP contribution in [0.25, 0.3) is 0 Å². The van der Waals surface area contributed by atoms with Gasteiger partial charge in [-0.1, -0.05) is 20.8 Å². The molecule has 0 amide bonds. The number of ether oxygens (including phenoxy) is 2. The average Bonchev–Trinajstić information content (AvgIpc) is 2.68. The van der Waals surface area contributed by atoms with Gasteiger partial charge >= 0.3 is 5.97 Å². The van der Waals surface area contributed by atoms with Crippen molar-refractivity contribution in [3.63, 3.8) is 0 Å². The number of carbonyl (C=O) groups is 1. The zero-order valence-electron chi connectivity index (χ0n) is 11.1. The van der Waals surface area contributed by atoms with Gasteiger partial charge in [0.25, 0.3) is 0 Å². The number of rotatable bonds is 6. The second kappa shape index (κ2) is 5.97. The summed E-state index contributed by atoms with van der Waals surface area (Å²) >= 11 is 0. The number of carboxylic acid groups (broad SMARTS) is 1. The first kappa shape index (κ1) is 14.7. The van der Waals surface area contributed by atoms with E-state index in [2.05, 4.69) is 4.98 Å². The Hall–Kier alpha value is -1.40. The molecule has 0 spiro atoms. The van der Waals surface area contributed by atoms with Crippen LogP contribution in [0.5, 0.6) is 0 Å². The lowest BCUT2D eigenvalue weighted by Crippen LogP contribution is -2.16. The van der Waals surface area contributed by atoms with Crippen molar-refractivity contribution in [3.8, 4) is 0 Å². The number of hydrogen-bond donors (Lipinski definition) is 1. The number of nitrogens with zero attached hydrogens (tertiary/aromatic N) is 1. The van der Waals surface area contributed by atoms with Crippen LogP contribution >= 0.6 is 0 Å². The zero-order valence-corrected chi connectivity index (χ0v) is 11.1. The Balaban J connectivity index is 2.80. The first-order chi connectivity index (χ1) is 8.36. The van der Waals surface area contributed by atoms with Crippen molar-refractivity contribution >= 4 is 5.97 Å². The van der Waals surface area contributed by atoms with Crippen LogP contribution < -0.4 is 0 Å². The summed E-state index contributed by atoms with van der Waals surface area (Å²) in [6.07, 6.45) is 0. The van der Waals surface area contributed by atoms with Crippen molar-refractivity contribution in [1.82, 2.24) is 4.98 Å². The van der Waals surface area contributed by atoms with E-state index in [9.17, 15) is 4.79 Å². The summed E-state index contributed by atoms with van der Waals surface area (Å²) in [5.74, 6) is -0.961. The molecule has 0 radical (unpaired) electrons. The van der Waals surface area contributed by atoms with Crippen LogP contribution in [0.3, 0.4) is 0 Å². The molecule has 0 aromatic carbocycles. The molecule has 0 unspecified atom stereocenters. The van der Waals surface area contributed by atoms with E-state index in [1.807, 2.05) is 20.8 Å². The van der Waals surface area contributed by atoms with Crippen LogP contribution in [-0.4, -0.2) is 36.4 Å². The average molecular weight is 257 g/mol. The van der Waals surface area contributed by atoms with Crippen LogP contribution in [0.15, 0.2) is 4.42 Å². The SMILES string of the molecule is COCCOCc1nc(C(C)(C)C)c(C(=O)O)o1. The number of aromatic nitrogens is 1. The maximum atomic E-state index is 11.1. The van der Waals surface area contributed by atoms with Gasteiger partial charge in [0.1, 0.15) is 6.61 Å². The van der Waals surface area contributed by atoms with E-state index in [-0.39, 0.29) is 23.7 Å². The highest BCUT2D eigenvalue weighted by Gasteiger charge is 2.28. The smallest absolute Gasteiger partial charge is 0.373 e. The Kier molecular flexibility index (Phi) is 4.86. The summed E-state index contributed by atoms with van der Waals surface area (Å²) in [6.45, 7) is 6.66. The van der Waals surface area contributed by atoms with Gasteiger partial charge in [0.05, 0.1) is 18.9 Å². The summed E-state index contributed by atoms with van der Waals surface area (Å²) in [6, 6.07) is 0. The molecule has 1 rings (SSSR count). The highest BCUT2D eigenvalue weighted by Crippen LogP contribution is 2.26. The summed E-state index contributed by atoms with van der Waals surface area (Å²) < 4.78 is 15.3. The van der Waals surface area contributed by atoms with E-state index in [1.165, 1.54) is 0 Å². The van der Waals surface area contributed by atoms with Gasteiger partial charge in [-0.2, -0.15) is 0 Å². The fraction of sp³-hybridized carbons (Fsp3) is 0.667. The molecule has 0 aliphatic rings. The van der Waals surface area contributed by atoms with Crippen LogP contribution in [0.4, 0.5) is 0 Å². The summed E-state index contributed by atoms with van der Waals surface area (Å²) in [7, 11) is 1.58. The molecule has 6 heteroatoms. The minimum atomic E-state index is -1.12. The number of hydrogen-bond acceptors (Lipinski definition) is 5. The largest absolute Gasteiger partial charge is 0.475 e. The monoisotopic (exact) mass is 257 g/mol. The van der Waals surface area contributed by atoms with E-state index >= 15 is 0 Å². The van der Waals surface area contributed by atoms with E-state index in [0.717, 1.165) is 0 Å². The second-order valence-corrected chi connectivity index (χ2v) is 4.89. The fourth-order valence-electron chi connectivity index (χ4n) is 1.38. The molecule has 0 saturated heterocycles. The molecule has 0 saturated carbocycles. The lowest BCUT2D eigenvalue weighted by Gasteiger charge is -2.14. The molecule has 1 N–H and O–H groups in total. The Labute approximate surface area is 106 Å². The van der Waals surface area contributed by atoms with Crippen molar-refractivity contribution in [2.45, 2.75) is 32.8 Å². The molecular formula is C12H19NO5. The predicted molar refractivity (Wildman–Crippen MR) is 63.7 cm³/mol. The van der Waals surface area contributed by atoms with Crippen molar-refractivity contribution in [3.05, 3.63) is 17.3 Å². The molecular weight excluding hydrogens is 238 g/mol. The van der Waals surface area contributed by atoms with Crippen LogP contribution in [0, 0.1) is 0 Å². The van der Waals surface area contributed by atoms with Gasteiger partial charge in [0.2, 0.25) is 11.7 Å². The van der Waals surface area contributed by atoms with Crippen LogP contribution in [-0.2, 0) is 21.5 Å². The number of methoxy groups -OCH3 is 1. The Morgan fingerprint density at radius 3 is 2.50 bits per heavy atom. The predicted octanol–water partition coefficient (Wildman–Crippen LogP) is 1.83. The Morgan fingerprint density at radius 1 is 1.39 bits per heavy atom. The molecule has 0 atom stereocenters. The molecule has 6 nitrogen and oxygen atoms in total. The molecule has 102 valence electrons. The summed E-state index contributed by atoms with van der Waals surface area (Å²) in [5.41, 5.74) is 0.0440. The highest BCUT2D eigenvalue weighted by molar-refractivity contribution is 5.86. The molecule has 18 heavy (non-hydrogen) atoms. The lowest BCUT2D eigenvalue weighted by atomic mass is 9.91. The quantitative estimate of drug-likeness (QED) is 0.783. The van der Waals surface area contributed by atoms with E-state index < -0.39 is 5.97 Å². The van der Waals surface area contributed by atoms with E-state index in [0.29, 0.717) is 18.9 Å². The maximum Gasteiger partial charge on any atom is 0.373 e. The zero-order chi connectivity index (χ0) is 13.8. The van der Waals surface area contributed by atoms with Crippen molar-refractivity contribution in [2.24, 2.45) is 0 Å². The normalized spacial score (nSPS) is 11.8. The third kappa shape index (κ3) is 3.82. The van der Waals surface area contributed by atoms with Gasteiger partial charge in [0, 0.05) is 12.5 Å². The molecule has 1 heterocycles. The van der Waals surface area contributed by atoms with E-state index in [1.54, 1.807) is 7.11 Å². The molecule has 1 aromatic rings. The minimum absolute atomic E-state index is 0.118. The fourth-order valence-corrected chi connectivity index (χ4v) is 1.38. The molecule has 0 bridgehead atoms. The third-order valence-electron chi connectivity index (χ3n) is 2.23. The summed E-state index contributed by atoms with van der Waals surface area (Å²) in [5, 5.41) is 9.06. The van der Waals surface area contributed by atoms with Crippen LogP contribution in [0.2, 0.25) is 0 Å². The maximum absolute atomic E-state index is 11.1. The first-order valence-electron chi connectivity index (χ1n) is 5.66. The molecule has 0 aliphatic carbocycles. The van der Waals surface area contributed by atoms with E-state index in [4.69, 9.17) is 19.0 Å². The highest BCUT2D eigenvalue weighted by atomic mass is 16.5. The first-order valence-corrected chi connectivity index (χ1v) is 5.66. The van der Waals surface area contributed by atoms with Crippen molar-refractivity contribution in [1.29, 1.82) is 0 Å². The number of oxazole rings is 1. The lowest BCUT2D eigenvalue weighted by molar-refractivity contribution is 0.0494. The summed E-state index contributed by atoms with van der Waals surface area (Å²) in [4.78, 5) is 15.3. The van der Waals surface area contributed by atoms with Crippen molar-refractivity contribution < 1.29 is 23.8 Å². The molecule has 0 fully saturated rings. The van der Waals surface area contributed by atoms with Gasteiger partial charge in [-0.3, -0.25) is 0 Å². The minimum Gasteiger partial charge on any atom is -0.475 e. The third-order valence-corrected chi connectivity index (χ3v) is 2.23. The van der Waals surface area contributed by atoms with Gasteiger partial charge < -0.3 is 19.0 Å². The van der Waals surface area contributed by atoms with Gasteiger partial charge in [-0.25, -0.2) is 9.78 Å². The van der Waals surface area contributed by atoms with Gasteiger partial charge in [-0.15, -0.1) is 0 Å². The second-order valence-electron chi connectivity index (χ2n) is 4.89. The molecule has 1 aromatic heterocycles. The Morgan fingerprint density at radius 2 is 2.06 bits per heavy atom. The van der Waals surface area contributed by atoms with Gasteiger partial charge in [0.15, 0.2) is 0 Å². The number of aromatic carboxylic acids is 1. The standard InChI is InChI=1S/C12H19NO5/c1-12(2,3)10-9(11(14)15)18-8(13-10)7-17-6-5-16-4/h5-7H2,1-4H3,(H,14,15). The molecule has 0 aliphatic heterocycles. The Bertz CT molecular complexity index is 405. The van der Waals surface area contributed by atoms with Crippen LogP contribution in [0.1, 0.15) is 42.9 Å². The number of carboxylic acids is 1. The topological polar surface area (TPSA) is 81.8 Å². The van der Waals surface area contributed by atoms with Crippen molar-refractivity contribution in [2.75, 3.05) is 20.3 Å². The van der Waals surface area contributed by atoms with Gasteiger partial charge in [-0.05, 0) is 0 Å².